The Morgan fingerprint density at radius 1 is 0.554 bits per heavy atom. The van der Waals surface area contributed by atoms with E-state index in [0.29, 0.717) is 10.0 Å². The van der Waals surface area contributed by atoms with Crippen LogP contribution in [0.15, 0.2) is 15.9 Å². The number of nitrogens with zero attached hydrogens (tertiary/aromatic N) is 6. The first-order valence-corrected chi connectivity index (χ1v) is 16.1. The van der Waals surface area contributed by atoms with Gasteiger partial charge in [0.2, 0.25) is 12.1 Å². The van der Waals surface area contributed by atoms with Crippen LogP contribution in [0.3, 0.4) is 0 Å². The van der Waals surface area contributed by atoms with Gasteiger partial charge in [0.15, 0.2) is 30.5 Å². The van der Waals surface area contributed by atoms with Gasteiger partial charge in [0.25, 0.3) is 0 Å². The zero-order valence-electron chi connectivity index (χ0n) is 31.2. The molecule has 28 nitrogen and oxygen atoms in total. The molecule has 0 aromatic heterocycles. The highest BCUT2D eigenvalue weighted by Crippen LogP contribution is 2.40. The molecule has 0 unspecified atom stereocenters. The molecule has 2 heterocycles. The van der Waals surface area contributed by atoms with Crippen LogP contribution in [0.25, 0.3) is 0 Å². The number of ether oxygens (including phenoxy) is 8. The van der Waals surface area contributed by atoms with Crippen molar-refractivity contribution in [1.82, 2.24) is 31.0 Å². The van der Waals surface area contributed by atoms with Gasteiger partial charge in [-0.05, 0) is 0 Å². The Hall–Kier alpha value is -6.16. The van der Waals surface area contributed by atoms with E-state index in [2.05, 4.69) is 31.8 Å². The van der Waals surface area contributed by atoms with Crippen LogP contribution in [0.2, 0.25) is 0 Å². The first-order chi connectivity index (χ1) is 26.2. The normalized spacial score (nSPS) is 26.5. The third-order valence-electron chi connectivity index (χ3n) is 7.50. The largest absolute Gasteiger partial charge is 0.456 e. The van der Waals surface area contributed by atoms with Gasteiger partial charge >= 0.3 is 47.9 Å². The van der Waals surface area contributed by atoms with Crippen LogP contribution in [-0.4, -0.2) is 159 Å². The first kappa shape index (κ1) is 46.0. The van der Waals surface area contributed by atoms with E-state index in [0.717, 1.165) is 55.8 Å². The molecular formula is C28H41N9O19. The molecule has 3 N–H and O–H groups in total. The number of carbonyl (C=O) groups excluding carboxylic acids is 8. The molecule has 9 atom stereocenters. The van der Waals surface area contributed by atoms with Crippen LogP contribution in [0.4, 0.5) is 14.4 Å². The molecule has 6 amide bonds. The molecule has 2 saturated heterocycles. The summed E-state index contributed by atoms with van der Waals surface area (Å²) in [6, 6.07) is -3.40. The molecule has 28 heteroatoms. The van der Waals surface area contributed by atoms with Gasteiger partial charge in [-0.15, -0.1) is 14.7 Å². The number of esters is 5. The fraction of sp³-hybridized carbons (Fsp3) is 0.714. The summed E-state index contributed by atoms with van der Waals surface area (Å²) in [6.45, 7) is 2.39. The van der Waals surface area contributed by atoms with Crippen LogP contribution >= 0.6 is 0 Å². The zero-order chi connectivity index (χ0) is 42.5. The molecule has 0 saturated carbocycles. The maximum atomic E-state index is 12.8. The van der Waals surface area contributed by atoms with Gasteiger partial charge in [0.05, 0.1) is 22.4 Å². The summed E-state index contributed by atoms with van der Waals surface area (Å²) in [7, 11) is 2.93. The molecule has 0 aromatic rings. The van der Waals surface area contributed by atoms with Gasteiger partial charge in [-0.1, -0.05) is 0 Å². The number of nitrogens with one attached hydrogen (secondary N) is 3. The Kier molecular flexibility index (Phi) is 16.8. The van der Waals surface area contributed by atoms with E-state index >= 15 is 0 Å². The monoisotopic (exact) mass is 807 g/mol. The summed E-state index contributed by atoms with van der Waals surface area (Å²) in [5.41, 5.74) is 0. The third-order valence-corrected chi connectivity index (χ3v) is 7.50. The van der Waals surface area contributed by atoms with Crippen molar-refractivity contribution >= 4 is 47.9 Å². The van der Waals surface area contributed by atoms with Gasteiger partial charge < -0.3 is 53.8 Å². The summed E-state index contributed by atoms with van der Waals surface area (Å²) in [4.78, 5) is 133. The van der Waals surface area contributed by atoms with Crippen LogP contribution in [-0.2, 0) is 61.9 Å². The average molecular weight is 808 g/mol. The molecule has 2 aliphatic heterocycles. The van der Waals surface area contributed by atoms with Crippen LogP contribution < -0.4 is 16.0 Å². The number of nitroso groups, excluding NO2 is 3. The number of urea groups is 3. The molecule has 312 valence electrons. The van der Waals surface area contributed by atoms with Gasteiger partial charge in [-0.2, -0.15) is 15.0 Å². The molecule has 0 radical (unpaired) electrons. The molecule has 2 fully saturated rings. The second-order valence-corrected chi connectivity index (χ2v) is 11.8. The lowest BCUT2D eigenvalue weighted by Crippen LogP contribution is -2.67. The van der Waals surface area contributed by atoms with Crippen molar-refractivity contribution in [2.75, 3.05) is 40.8 Å². The minimum atomic E-state index is -2.68. The summed E-state index contributed by atoms with van der Waals surface area (Å²) < 4.78 is 45.6. The number of hydrogen-bond donors (Lipinski definition) is 3. The molecule has 0 bridgehead atoms. The fourth-order valence-electron chi connectivity index (χ4n) is 5.28. The van der Waals surface area contributed by atoms with Crippen molar-refractivity contribution < 1.29 is 76.3 Å². The minimum Gasteiger partial charge on any atom is -0.456 e. The summed E-state index contributed by atoms with van der Waals surface area (Å²) in [5, 5.41) is 15.1. The highest BCUT2D eigenvalue weighted by atomic mass is 16.8. The van der Waals surface area contributed by atoms with Crippen LogP contribution in [0.1, 0.15) is 34.6 Å². The average Bonchev–Trinajstić information content (AvgIpc) is 3.39. The van der Waals surface area contributed by atoms with Crippen molar-refractivity contribution in [2.24, 2.45) is 15.9 Å². The van der Waals surface area contributed by atoms with E-state index in [-0.39, 0.29) is 5.01 Å². The molecule has 0 spiro atoms. The number of rotatable bonds is 16. The van der Waals surface area contributed by atoms with E-state index in [1.165, 1.54) is 0 Å². The predicted octanol–water partition coefficient (Wildman–Crippen LogP) is -1.55. The number of hydrogen-bond acceptors (Lipinski definition) is 22. The van der Waals surface area contributed by atoms with Gasteiger partial charge in [-0.25, -0.2) is 14.4 Å². The van der Waals surface area contributed by atoms with Crippen LogP contribution in [0, 0.1) is 14.7 Å². The number of amides is 6. The Morgan fingerprint density at radius 3 is 1.39 bits per heavy atom. The van der Waals surface area contributed by atoms with Gasteiger partial charge in [0, 0.05) is 68.9 Å². The fourth-order valence-corrected chi connectivity index (χ4v) is 5.28. The minimum absolute atomic E-state index is 0.288. The maximum absolute atomic E-state index is 12.8. The predicted molar refractivity (Wildman–Crippen MR) is 176 cm³/mol. The van der Waals surface area contributed by atoms with Gasteiger partial charge in [-0.3, -0.25) is 24.0 Å². The standard InChI is InChI=1S/C28H41N9O19/c1-12(38)49-19-17(9-29-25(43)35(6)32-46)54-24(22(52-15(4)41)21(19)51-14(3)40)56-28(11-31-27(45)37(8)34-48)23(53-16(5)42)20(50-13(2)39)18(55-28)10-30-26(44)36(7)33-47/h17-24H,9-11H2,1-8H3,(H,29,43)(H,30,44)(H,31,45)/t17-,18+,19+,20-,21-,22-,23-,24+,28-/m0/s1. The maximum Gasteiger partial charge on any atom is 0.340 e. The first-order valence-electron chi connectivity index (χ1n) is 16.1. The molecular weight excluding hydrogens is 766 g/mol. The van der Waals surface area contributed by atoms with Crippen LogP contribution in [0.5, 0.6) is 0 Å². The summed E-state index contributed by atoms with van der Waals surface area (Å²) in [6.07, 6.45) is -14.5. The highest BCUT2D eigenvalue weighted by molar-refractivity contribution is 5.74. The van der Waals surface area contributed by atoms with Crippen molar-refractivity contribution in [3.05, 3.63) is 14.7 Å². The molecule has 56 heavy (non-hydrogen) atoms. The Labute approximate surface area is 316 Å². The van der Waals surface area contributed by atoms with Gasteiger partial charge in [0.1, 0.15) is 12.2 Å². The second-order valence-electron chi connectivity index (χ2n) is 11.8. The highest BCUT2D eigenvalue weighted by Gasteiger charge is 2.64. The van der Waals surface area contributed by atoms with Crippen molar-refractivity contribution in [3.63, 3.8) is 0 Å². The van der Waals surface area contributed by atoms with E-state index in [1.807, 2.05) is 0 Å². The zero-order valence-corrected chi connectivity index (χ0v) is 31.2. The Morgan fingerprint density at radius 2 is 0.946 bits per heavy atom. The molecule has 2 rings (SSSR count). The molecule has 0 aromatic carbocycles. The smallest absolute Gasteiger partial charge is 0.340 e. The Balaban J connectivity index is 2.88. The van der Waals surface area contributed by atoms with E-state index < -0.39 is 122 Å². The summed E-state index contributed by atoms with van der Waals surface area (Å²) >= 11 is 0. The van der Waals surface area contributed by atoms with E-state index in [1.54, 1.807) is 0 Å². The number of carbonyl (C=O) groups is 8. The van der Waals surface area contributed by atoms with Crippen molar-refractivity contribution in [2.45, 2.75) is 89.4 Å². The van der Waals surface area contributed by atoms with E-state index in [4.69, 9.17) is 37.9 Å². The van der Waals surface area contributed by atoms with Crippen molar-refractivity contribution in [1.29, 1.82) is 0 Å². The van der Waals surface area contributed by atoms with Crippen molar-refractivity contribution in [3.8, 4) is 0 Å². The molecule has 0 aliphatic carbocycles. The topological polar surface area (TPSA) is 344 Å². The second kappa shape index (κ2) is 20.5. The van der Waals surface area contributed by atoms with E-state index in [9.17, 15) is 53.1 Å². The SMILES string of the molecule is CC(=O)O[C@@H]1[C@H](OC(C)=O)[C@@H](O[C@]2(CNC(=O)N(C)N=O)O[C@H](CNC(=O)N(C)N=O)[C@H](OC(C)=O)[C@@H]2OC(C)=O)O[C@@H](CNC(=O)N(C)N=O)[C@H]1OC(C)=O. The lowest BCUT2D eigenvalue weighted by molar-refractivity contribution is -0.373. The molecule has 2 aliphatic rings. The lowest BCUT2D eigenvalue weighted by atomic mass is 9.97. The third kappa shape index (κ3) is 12.4. The quantitative estimate of drug-likeness (QED) is 0.0687. The summed E-state index contributed by atoms with van der Waals surface area (Å²) in [5.74, 6) is -7.82. The lowest BCUT2D eigenvalue weighted by Gasteiger charge is -2.47. The Bertz CT molecular complexity index is 1540.